The molecule has 0 amide bonds. The molecule has 0 aromatic heterocycles. The fraction of sp³-hybridized carbons (Fsp3) is 1.00. The summed E-state index contributed by atoms with van der Waals surface area (Å²) >= 11 is 0. The normalized spacial score (nSPS) is 44.1. The van der Waals surface area contributed by atoms with E-state index >= 15 is 0 Å². The summed E-state index contributed by atoms with van der Waals surface area (Å²) < 4.78 is 12.0. The maximum Gasteiger partial charge on any atom is 0.166 e. The van der Waals surface area contributed by atoms with Crippen molar-refractivity contribution >= 4 is 0 Å². The largest absolute Gasteiger partial charge is 0.388 e. The molecule has 0 aliphatic carbocycles. The smallest absolute Gasteiger partial charge is 0.166 e. The topological polar surface area (TPSA) is 38.7 Å². The van der Waals surface area contributed by atoms with Crippen LogP contribution in [0.2, 0.25) is 0 Å². The lowest BCUT2D eigenvalue weighted by Gasteiger charge is -2.36. The molecule has 16 heavy (non-hydrogen) atoms. The van der Waals surface area contributed by atoms with Gasteiger partial charge in [0.2, 0.25) is 0 Å². The lowest BCUT2D eigenvalue weighted by Crippen LogP contribution is -2.47. The van der Waals surface area contributed by atoms with E-state index < -0.39 is 11.4 Å². The van der Waals surface area contributed by atoms with E-state index in [1.807, 2.05) is 20.8 Å². The number of ether oxygens (including phenoxy) is 2. The van der Waals surface area contributed by atoms with Crippen molar-refractivity contribution in [2.45, 2.75) is 71.1 Å². The molecule has 2 aliphatic heterocycles. The zero-order valence-electron chi connectivity index (χ0n) is 11.0. The summed E-state index contributed by atoms with van der Waals surface area (Å²) in [5, 5.41) is 10.2. The summed E-state index contributed by atoms with van der Waals surface area (Å²) in [5.74, 6) is 0.592. The molecule has 4 atom stereocenters. The Morgan fingerprint density at radius 3 is 2.44 bits per heavy atom. The van der Waals surface area contributed by atoms with Gasteiger partial charge in [-0.1, -0.05) is 13.8 Å². The van der Waals surface area contributed by atoms with E-state index in [0.29, 0.717) is 11.8 Å². The Morgan fingerprint density at radius 2 is 1.94 bits per heavy atom. The summed E-state index contributed by atoms with van der Waals surface area (Å²) in [7, 11) is 0. The molecule has 0 aromatic rings. The monoisotopic (exact) mass is 228 g/mol. The van der Waals surface area contributed by atoms with E-state index in [2.05, 4.69) is 13.8 Å². The predicted octanol–water partition coefficient (Wildman–Crippen LogP) is 2.32. The highest BCUT2D eigenvalue weighted by Gasteiger charge is 2.56. The molecule has 2 bridgehead atoms. The molecule has 1 N–H and O–H groups in total. The van der Waals surface area contributed by atoms with Crippen LogP contribution in [-0.4, -0.2) is 28.7 Å². The first-order chi connectivity index (χ1) is 7.23. The molecule has 3 nitrogen and oxygen atoms in total. The van der Waals surface area contributed by atoms with Gasteiger partial charge in [0.05, 0.1) is 11.7 Å². The molecule has 0 saturated carbocycles. The molecular weight excluding hydrogens is 204 g/mol. The van der Waals surface area contributed by atoms with Gasteiger partial charge in [0.15, 0.2) is 5.79 Å². The molecule has 4 unspecified atom stereocenters. The number of hydrogen-bond acceptors (Lipinski definition) is 3. The molecule has 2 fully saturated rings. The second-order valence-corrected chi connectivity index (χ2v) is 6.35. The molecular formula is C13H24O3. The minimum Gasteiger partial charge on any atom is -0.388 e. The Kier molecular flexibility index (Phi) is 2.84. The van der Waals surface area contributed by atoms with Gasteiger partial charge < -0.3 is 14.6 Å². The quantitative estimate of drug-likeness (QED) is 0.788. The average molecular weight is 228 g/mol. The van der Waals surface area contributed by atoms with E-state index in [-0.39, 0.29) is 12.2 Å². The first kappa shape index (κ1) is 12.3. The first-order valence-corrected chi connectivity index (χ1v) is 6.31. The third-order valence-corrected chi connectivity index (χ3v) is 3.97. The fourth-order valence-electron chi connectivity index (χ4n) is 2.99. The number of fused-ring (bicyclic) bond motifs is 2. The molecule has 0 spiro atoms. The van der Waals surface area contributed by atoms with Crippen LogP contribution in [0.4, 0.5) is 0 Å². The number of rotatable bonds is 2. The van der Waals surface area contributed by atoms with Crippen molar-refractivity contribution < 1.29 is 14.6 Å². The van der Waals surface area contributed by atoms with Crippen molar-refractivity contribution in [3.05, 3.63) is 0 Å². The molecule has 2 saturated heterocycles. The summed E-state index contributed by atoms with van der Waals surface area (Å²) in [4.78, 5) is 0. The van der Waals surface area contributed by atoms with Crippen LogP contribution in [-0.2, 0) is 9.47 Å². The lowest BCUT2D eigenvalue weighted by atomic mass is 9.79. The predicted molar refractivity (Wildman–Crippen MR) is 62.0 cm³/mol. The van der Waals surface area contributed by atoms with Crippen LogP contribution in [0, 0.1) is 11.8 Å². The van der Waals surface area contributed by atoms with Crippen LogP contribution < -0.4 is 0 Å². The molecule has 94 valence electrons. The van der Waals surface area contributed by atoms with Crippen LogP contribution in [0.5, 0.6) is 0 Å². The SMILES string of the molecule is CC(C)C1CCC2(C)OC1C(C(C)(C)O)O2. The number of aliphatic hydroxyl groups is 1. The average Bonchev–Trinajstić information content (AvgIpc) is 2.37. The number of hydrogen-bond donors (Lipinski definition) is 1. The maximum atomic E-state index is 10.2. The minimum absolute atomic E-state index is 0.0405. The highest BCUT2D eigenvalue weighted by molar-refractivity contribution is 4.99. The van der Waals surface area contributed by atoms with Crippen molar-refractivity contribution in [1.29, 1.82) is 0 Å². The van der Waals surface area contributed by atoms with Crippen molar-refractivity contribution in [3.8, 4) is 0 Å². The van der Waals surface area contributed by atoms with Gasteiger partial charge in [0.1, 0.15) is 6.10 Å². The zero-order valence-corrected chi connectivity index (χ0v) is 11.0. The molecule has 0 aromatic carbocycles. The van der Waals surface area contributed by atoms with Gasteiger partial charge in [-0.15, -0.1) is 0 Å². The van der Waals surface area contributed by atoms with Crippen LogP contribution in [0.1, 0.15) is 47.5 Å². The van der Waals surface area contributed by atoms with Crippen molar-refractivity contribution in [2.75, 3.05) is 0 Å². The van der Waals surface area contributed by atoms with E-state index in [0.717, 1.165) is 12.8 Å². The van der Waals surface area contributed by atoms with Crippen LogP contribution in [0.3, 0.4) is 0 Å². The van der Waals surface area contributed by atoms with E-state index in [1.165, 1.54) is 0 Å². The summed E-state index contributed by atoms with van der Waals surface area (Å²) in [5.41, 5.74) is -0.833. The van der Waals surface area contributed by atoms with E-state index in [9.17, 15) is 5.11 Å². The van der Waals surface area contributed by atoms with Gasteiger partial charge in [0, 0.05) is 6.42 Å². The van der Waals surface area contributed by atoms with Gasteiger partial charge >= 0.3 is 0 Å². The zero-order chi connectivity index (χ0) is 12.1. The molecule has 3 heteroatoms. The van der Waals surface area contributed by atoms with Gasteiger partial charge in [-0.05, 0) is 39.0 Å². The summed E-state index contributed by atoms with van der Waals surface area (Å²) in [6.07, 6.45) is 1.90. The molecule has 2 heterocycles. The highest BCUT2D eigenvalue weighted by atomic mass is 16.8. The Labute approximate surface area is 98.1 Å². The third kappa shape index (κ3) is 2.01. The molecule has 2 rings (SSSR count). The molecule has 2 aliphatic rings. The fourth-order valence-corrected chi connectivity index (χ4v) is 2.99. The highest BCUT2D eigenvalue weighted by Crippen LogP contribution is 2.47. The van der Waals surface area contributed by atoms with Crippen molar-refractivity contribution in [2.24, 2.45) is 11.8 Å². The van der Waals surface area contributed by atoms with Gasteiger partial charge in [-0.3, -0.25) is 0 Å². The van der Waals surface area contributed by atoms with Crippen molar-refractivity contribution in [3.63, 3.8) is 0 Å². The third-order valence-electron chi connectivity index (χ3n) is 3.97. The van der Waals surface area contributed by atoms with Gasteiger partial charge in [-0.2, -0.15) is 0 Å². The maximum absolute atomic E-state index is 10.2. The van der Waals surface area contributed by atoms with Gasteiger partial charge in [0.25, 0.3) is 0 Å². The van der Waals surface area contributed by atoms with Crippen LogP contribution >= 0.6 is 0 Å². The Balaban J connectivity index is 2.23. The van der Waals surface area contributed by atoms with Crippen LogP contribution in [0.15, 0.2) is 0 Å². The van der Waals surface area contributed by atoms with Crippen LogP contribution in [0.25, 0.3) is 0 Å². The standard InChI is InChI=1S/C13H24O3/c1-8(2)9-6-7-13(5)15-10(9)11(16-13)12(3,4)14/h8-11,14H,6-7H2,1-5H3. The summed E-state index contributed by atoms with van der Waals surface area (Å²) in [6.45, 7) is 10.0. The summed E-state index contributed by atoms with van der Waals surface area (Å²) in [6, 6.07) is 0. The van der Waals surface area contributed by atoms with E-state index in [4.69, 9.17) is 9.47 Å². The Morgan fingerprint density at radius 1 is 1.31 bits per heavy atom. The Hall–Kier alpha value is -0.120. The lowest BCUT2D eigenvalue weighted by molar-refractivity contribution is -0.198. The van der Waals surface area contributed by atoms with Gasteiger partial charge in [-0.25, -0.2) is 0 Å². The second kappa shape index (κ2) is 3.69. The van der Waals surface area contributed by atoms with E-state index in [1.54, 1.807) is 0 Å². The second-order valence-electron chi connectivity index (χ2n) is 6.35. The Bertz CT molecular complexity index is 269. The van der Waals surface area contributed by atoms with Crippen molar-refractivity contribution in [1.82, 2.24) is 0 Å². The first-order valence-electron chi connectivity index (χ1n) is 6.31. The minimum atomic E-state index is -0.833. The molecule has 0 radical (unpaired) electrons.